The van der Waals surface area contributed by atoms with Crippen molar-refractivity contribution in [3.8, 4) is 5.75 Å². The van der Waals surface area contributed by atoms with Crippen molar-refractivity contribution in [2.24, 2.45) is 0 Å². The number of aromatic nitrogens is 2. The van der Waals surface area contributed by atoms with Gasteiger partial charge in [0.1, 0.15) is 11.4 Å². The minimum Gasteiger partial charge on any atom is -0.497 e. The minimum absolute atomic E-state index is 0.147. The van der Waals surface area contributed by atoms with E-state index in [-0.39, 0.29) is 5.91 Å². The van der Waals surface area contributed by atoms with Crippen molar-refractivity contribution in [2.75, 3.05) is 12.0 Å². The number of ether oxygens (including phenoxy) is 1. The largest absolute Gasteiger partial charge is 0.497 e. The summed E-state index contributed by atoms with van der Waals surface area (Å²) in [5.74, 6) is 0.636. The molecule has 0 bridgehead atoms. The van der Waals surface area contributed by atoms with Crippen LogP contribution < -0.4 is 9.64 Å². The maximum atomic E-state index is 13.0. The Morgan fingerprint density at radius 1 is 1.04 bits per heavy atom. The zero-order chi connectivity index (χ0) is 17.6. The quantitative estimate of drug-likeness (QED) is 0.715. The van der Waals surface area contributed by atoms with Gasteiger partial charge in [-0.1, -0.05) is 18.2 Å². The van der Waals surface area contributed by atoms with Crippen LogP contribution in [0.25, 0.3) is 0 Å². The Bertz CT molecular complexity index is 848. The van der Waals surface area contributed by atoms with Crippen LogP contribution in [-0.4, -0.2) is 23.0 Å². The second-order valence-corrected chi connectivity index (χ2v) is 5.61. The topological polar surface area (TPSA) is 55.3 Å². The predicted molar refractivity (Wildman–Crippen MR) is 96.7 cm³/mol. The number of benzene rings is 1. The molecular formula is C20H19N3O2. The van der Waals surface area contributed by atoms with Crippen molar-refractivity contribution in [3.05, 3.63) is 83.9 Å². The zero-order valence-electron chi connectivity index (χ0n) is 14.2. The number of nitrogens with zero attached hydrogens (tertiary/aromatic N) is 3. The highest BCUT2D eigenvalue weighted by Gasteiger charge is 2.19. The van der Waals surface area contributed by atoms with E-state index >= 15 is 0 Å². The first-order valence-electron chi connectivity index (χ1n) is 7.96. The lowest BCUT2D eigenvalue weighted by atomic mass is 10.1. The Labute approximate surface area is 146 Å². The van der Waals surface area contributed by atoms with Crippen LogP contribution in [0.4, 0.5) is 5.69 Å². The van der Waals surface area contributed by atoms with Crippen molar-refractivity contribution in [2.45, 2.75) is 13.5 Å². The summed E-state index contributed by atoms with van der Waals surface area (Å²) < 4.78 is 5.19. The maximum absolute atomic E-state index is 13.0. The fourth-order valence-electron chi connectivity index (χ4n) is 2.52. The van der Waals surface area contributed by atoms with Gasteiger partial charge in [0.25, 0.3) is 5.91 Å². The lowest BCUT2D eigenvalue weighted by Crippen LogP contribution is -2.31. The Kier molecular flexibility index (Phi) is 5.04. The number of aryl methyl sites for hydroxylation is 1. The SMILES string of the molecule is COc1ccc(CN(C(=O)c2cccc(C)n2)c2ccncc2)cc1. The molecule has 0 fully saturated rings. The van der Waals surface area contributed by atoms with E-state index in [9.17, 15) is 4.79 Å². The monoisotopic (exact) mass is 333 g/mol. The van der Waals surface area contributed by atoms with Gasteiger partial charge in [-0.2, -0.15) is 0 Å². The summed E-state index contributed by atoms with van der Waals surface area (Å²) in [6.45, 7) is 2.31. The predicted octanol–water partition coefficient (Wildman–Crippen LogP) is 3.64. The number of carbonyl (C=O) groups excluding carboxylic acids is 1. The first kappa shape index (κ1) is 16.6. The van der Waals surface area contributed by atoms with Crippen molar-refractivity contribution < 1.29 is 9.53 Å². The number of amides is 1. The molecule has 5 nitrogen and oxygen atoms in total. The van der Waals surface area contributed by atoms with Crippen LogP contribution in [-0.2, 0) is 6.54 Å². The van der Waals surface area contributed by atoms with E-state index in [0.29, 0.717) is 12.2 Å². The van der Waals surface area contributed by atoms with Crippen LogP contribution >= 0.6 is 0 Å². The van der Waals surface area contributed by atoms with E-state index in [0.717, 1.165) is 22.7 Å². The van der Waals surface area contributed by atoms with Gasteiger partial charge in [-0.15, -0.1) is 0 Å². The fraction of sp³-hybridized carbons (Fsp3) is 0.150. The summed E-state index contributed by atoms with van der Waals surface area (Å²) in [6.07, 6.45) is 3.35. The van der Waals surface area contributed by atoms with Gasteiger partial charge in [-0.25, -0.2) is 4.98 Å². The smallest absolute Gasteiger partial charge is 0.277 e. The molecule has 0 aliphatic heterocycles. The Balaban J connectivity index is 1.93. The van der Waals surface area contributed by atoms with Gasteiger partial charge in [0, 0.05) is 23.8 Å². The van der Waals surface area contributed by atoms with Crippen LogP contribution in [0.2, 0.25) is 0 Å². The summed E-state index contributed by atoms with van der Waals surface area (Å²) in [5, 5.41) is 0. The molecule has 1 amide bonds. The zero-order valence-corrected chi connectivity index (χ0v) is 14.2. The third-order valence-electron chi connectivity index (χ3n) is 3.83. The molecule has 2 aromatic heterocycles. The third kappa shape index (κ3) is 4.01. The van der Waals surface area contributed by atoms with Gasteiger partial charge in [-0.3, -0.25) is 9.78 Å². The van der Waals surface area contributed by atoms with E-state index in [1.54, 1.807) is 30.5 Å². The standard InChI is InChI=1S/C20H19N3O2/c1-15-4-3-5-19(22-15)20(24)23(17-10-12-21-13-11-17)14-16-6-8-18(25-2)9-7-16/h3-13H,14H2,1-2H3. The molecule has 2 heterocycles. The molecule has 0 spiro atoms. The van der Waals surface area contributed by atoms with E-state index in [1.165, 1.54) is 0 Å². The van der Waals surface area contributed by atoms with E-state index in [2.05, 4.69) is 9.97 Å². The van der Waals surface area contributed by atoms with Crippen molar-refractivity contribution >= 4 is 11.6 Å². The summed E-state index contributed by atoms with van der Waals surface area (Å²) in [4.78, 5) is 23.1. The normalized spacial score (nSPS) is 10.3. The lowest BCUT2D eigenvalue weighted by Gasteiger charge is -2.23. The molecule has 3 rings (SSSR count). The van der Waals surface area contributed by atoms with E-state index in [4.69, 9.17) is 4.74 Å². The molecule has 0 saturated carbocycles. The number of hydrogen-bond acceptors (Lipinski definition) is 4. The maximum Gasteiger partial charge on any atom is 0.277 e. The van der Waals surface area contributed by atoms with Crippen LogP contribution in [0.3, 0.4) is 0 Å². The average molecular weight is 333 g/mol. The molecule has 0 atom stereocenters. The summed E-state index contributed by atoms with van der Waals surface area (Å²) in [5.41, 5.74) is 3.01. The van der Waals surface area contributed by atoms with Gasteiger partial charge in [0.2, 0.25) is 0 Å². The summed E-state index contributed by atoms with van der Waals surface area (Å²) in [6, 6.07) is 16.7. The number of pyridine rings is 2. The van der Waals surface area contributed by atoms with Crippen LogP contribution in [0.5, 0.6) is 5.75 Å². The van der Waals surface area contributed by atoms with Gasteiger partial charge in [0.15, 0.2) is 0 Å². The van der Waals surface area contributed by atoms with Gasteiger partial charge < -0.3 is 9.64 Å². The molecular weight excluding hydrogens is 314 g/mol. The number of anilines is 1. The Morgan fingerprint density at radius 3 is 2.40 bits per heavy atom. The van der Waals surface area contributed by atoms with Gasteiger partial charge >= 0.3 is 0 Å². The Hall–Kier alpha value is -3.21. The van der Waals surface area contributed by atoms with Crippen LogP contribution in [0.15, 0.2) is 67.0 Å². The number of carbonyl (C=O) groups is 1. The minimum atomic E-state index is -0.147. The lowest BCUT2D eigenvalue weighted by molar-refractivity contribution is 0.0980. The number of methoxy groups -OCH3 is 1. The summed E-state index contributed by atoms with van der Waals surface area (Å²) >= 11 is 0. The second-order valence-electron chi connectivity index (χ2n) is 5.61. The highest BCUT2D eigenvalue weighted by atomic mass is 16.5. The highest BCUT2D eigenvalue weighted by Crippen LogP contribution is 2.20. The molecule has 126 valence electrons. The molecule has 3 aromatic rings. The van der Waals surface area contributed by atoms with E-state index in [1.807, 2.05) is 55.5 Å². The number of hydrogen-bond donors (Lipinski definition) is 0. The molecule has 0 N–H and O–H groups in total. The first-order chi connectivity index (χ1) is 12.2. The average Bonchev–Trinajstić information content (AvgIpc) is 2.67. The van der Waals surface area contributed by atoms with Crippen LogP contribution in [0.1, 0.15) is 21.7 Å². The number of rotatable bonds is 5. The van der Waals surface area contributed by atoms with E-state index < -0.39 is 0 Å². The molecule has 0 aliphatic carbocycles. The molecule has 5 heteroatoms. The fourth-order valence-corrected chi connectivity index (χ4v) is 2.52. The van der Waals surface area contributed by atoms with Crippen LogP contribution in [0, 0.1) is 6.92 Å². The van der Waals surface area contributed by atoms with Gasteiger partial charge in [0.05, 0.1) is 13.7 Å². The third-order valence-corrected chi connectivity index (χ3v) is 3.83. The molecule has 0 radical (unpaired) electrons. The molecule has 1 aromatic carbocycles. The van der Waals surface area contributed by atoms with Crippen molar-refractivity contribution in [3.63, 3.8) is 0 Å². The molecule has 0 aliphatic rings. The molecule has 25 heavy (non-hydrogen) atoms. The highest BCUT2D eigenvalue weighted by molar-refractivity contribution is 6.04. The second kappa shape index (κ2) is 7.57. The molecule has 0 unspecified atom stereocenters. The van der Waals surface area contributed by atoms with Gasteiger partial charge in [-0.05, 0) is 48.9 Å². The first-order valence-corrected chi connectivity index (χ1v) is 7.96. The van der Waals surface area contributed by atoms with Crippen molar-refractivity contribution in [1.82, 2.24) is 9.97 Å². The summed E-state index contributed by atoms with van der Waals surface area (Å²) in [7, 11) is 1.63. The Morgan fingerprint density at radius 2 is 1.76 bits per heavy atom. The molecule has 0 saturated heterocycles. The van der Waals surface area contributed by atoms with Crippen molar-refractivity contribution in [1.29, 1.82) is 0 Å².